The summed E-state index contributed by atoms with van der Waals surface area (Å²) < 4.78 is 5.21. The number of hydrogen-bond donors (Lipinski definition) is 1. The Morgan fingerprint density at radius 2 is 1.66 bits per heavy atom. The second-order valence-corrected chi connectivity index (χ2v) is 8.65. The van der Waals surface area contributed by atoms with Crippen molar-refractivity contribution in [2.24, 2.45) is 0 Å². The molecule has 2 amide bonds. The molecule has 0 unspecified atom stereocenters. The molecule has 5 heteroatoms. The molecule has 3 rings (SSSR count). The van der Waals surface area contributed by atoms with Crippen LogP contribution in [0, 0.1) is 0 Å². The molecule has 156 valence electrons. The van der Waals surface area contributed by atoms with Crippen LogP contribution in [0.5, 0.6) is 5.75 Å². The zero-order valence-electron chi connectivity index (χ0n) is 18.1. The van der Waals surface area contributed by atoms with E-state index in [1.165, 1.54) is 5.56 Å². The lowest BCUT2D eigenvalue weighted by Crippen LogP contribution is -2.50. The van der Waals surface area contributed by atoms with E-state index in [1.807, 2.05) is 35.2 Å². The maximum absolute atomic E-state index is 12.8. The minimum Gasteiger partial charge on any atom is -0.497 e. The molecule has 1 aliphatic rings. The molecular formula is C24H33N3O2. The SMILES string of the molecule is COc1ccc(CCN2CCN(C(=O)Nc3ccccc3C(C)(C)C)CC2)cc1. The molecule has 0 aromatic heterocycles. The first kappa shape index (κ1) is 21.2. The molecule has 1 heterocycles. The van der Waals surface area contributed by atoms with Crippen LogP contribution in [0.25, 0.3) is 0 Å². The second kappa shape index (κ2) is 9.31. The van der Waals surface area contributed by atoms with Gasteiger partial charge in [0, 0.05) is 38.4 Å². The van der Waals surface area contributed by atoms with E-state index in [0.717, 1.165) is 56.1 Å². The van der Waals surface area contributed by atoms with Crippen molar-refractivity contribution >= 4 is 11.7 Å². The number of hydrogen-bond acceptors (Lipinski definition) is 3. The van der Waals surface area contributed by atoms with Gasteiger partial charge in [0.2, 0.25) is 0 Å². The molecule has 1 N–H and O–H groups in total. The molecule has 0 radical (unpaired) electrons. The van der Waals surface area contributed by atoms with Crippen molar-refractivity contribution in [2.75, 3.05) is 45.2 Å². The van der Waals surface area contributed by atoms with Crippen LogP contribution < -0.4 is 10.1 Å². The Kier molecular flexibility index (Phi) is 6.80. The monoisotopic (exact) mass is 395 g/mol. The lowest BCUT2D eigenvalue weighted by atomic mass is 9.86. The van der Waals surface area contributed by atoms with E-state index in [0.29, 0.717) is 0 Å². The van der Waals surface area contributed by atoms with Crippen LogP contribution in [0.3, 0.4) is 0 Å². The van der Waals surface area contributed by atoms with E-state index in [2.05, 4.69) is 49.2 Å². The number of nitrogens with one attached hydrogen (secondary N) is 1. The van der Waals surface area contributed by atoms with Crippen LogP contribution >= 0.6 is 0 Å². The normalized spacial score (nSPS) is 15.2. The summed E-state index contributed by atoms with van der Waals surface area (Å²) in [5.74, 6) is 0.890. The molecule has 0 bridgehead atoms. The highest BCUT2D eigenvalue weighted by Gasteiger charge is 2.23. The Bertz CT molecular complexity index is 804. The third kappa shape index (κ3) is 5.73. The Labute approximate surface area is 174 Å². The molecular weight excluding hydrogens is 362 g/mol. The standard InChI is InChI=1S/C24H33N3O2/c1-24(2,3)21-7-5-6-8-22(21)25-23(28)27-17-15-26(16-18-27)14-13-19-9-11-20(29-4)12-10-19/h5-12H,13-18H2,1-4H3,(H,25,28). The van der Waals surface area contributed by atoms with Gasteiger partial charge in [-0.25, -0.2) is 4.79 Å². The quantitative estimate of drug-likeness (QED) is 0.817. The highest BCUT2D eigenvalue weighted by molar-refractivity contribution is 5.90. The van der Waals surface area contributed by atoms with Gasteiger partial charge in [-0.1, -0.05) is 51.1 Å². The predicted octanol–water partition coefficient (Wildman–Crippen LogP) is 4.38. The van der Waals surface area contributed by atoms with Crippen LogP contribution in [0.2, 0.25) is 0 Å². The fourth-order valence-corrected chi connectivity index (χ4v) is 3.69. The van der Waals surface area contributed by atoms with Gasteiger partial charge in [0.15, 0.2) is 0 Å². The van der Waals surface area contributed by atoms with Gasteiger partial charge in [-0.3, -0.25) is 4.90 Å². The number of nitrogens with zero attached hydrogens (tertiary/aromatic N) is 2. The van der Waals surface area contributed by atoms with Gasteiger partial charge >= 0.3 is 6.03 Å². The summed E-state index contributed by atoms with van der Waals surface area (Å²) in [6.45, 7) is 10.8. The van der Waals surface area contributed by atoms with Crippen LogP contribution in [-0.4, -0.2) is 55.7 Å². The van der Waals surface area contributed by atoms with Crippen molar-refractivity contribution in [3.8, 4) is 5.75 Å². The Morgan fingerprint density at radius 3 is 2.28 bits per heavy atom. The summed E-state index contributed by atoms with van der Waals surface area (Å²) in [6, 6.07) is 16.3. The molecule has 1 fully saturated rings. The van der Waals surface area contributed by atoms with E-state index in [4.69, 9.17) is 4.74 Å². The molecule has 1 saturated heterocycles. The molecule has 0 spiro atoms. The Morgan fingerprint density at radius 1 is 1.00 bits per heavy atom. The van der Waals surface area contributed by atoms with Gasteiger partial charge in [-0.15, -0.1) is 0 Å². The van der Waals surface area contributed by atoms with Crippen molar-refractivity contribution in [1.29, 1.82) is 0 Å². The minimum absolute atomic E-state index is 0.00324. The van der Waals surface area contributed by atoms with Crippen LogP contribution in [0.15, 0.2) is 48.5 Å². The zero-order chi connectivity index (χ0) is 20.9. The summed E-state index contributed by atoms with van der Waals surface area (Å²) in [7, 11) is 1.69. The zero-order valence-corrected chi connectivity index (χ0v) is 18.1. The number of methoxy groups -OCH3 is 1. The fraction of sp³-hybridized carbons (Fsp3) is 0.458. The van der Waals surface area contributed by atoms with Gasteiger partial charge in [0.25, 0.3) is 0 Å². The average Bonchev–Trinajstić information content (AvgIpc) is 2.72. The number of rotatable bonds is 5. The third-order valence-corrected chi connectivity index (χ3v) is 5.51. The summed E-state index contributed by atoms with van der Waals surface area (Å²) >= 11 is 0. The number of urea groups is 1. The number of piperazine rings is 1. The topological polar surface area (TPSA) is 44.8 Å². The smallest absolute Gasteiger partial charge is 0.321 e. The van der Waals surface area contributed by atoms with Crippen molar-refractivity contribution in [3.05, 3.63) is 59.7 Å². The molecule has 0 atom stereocenters. The maximum atomic E-state index is 12.8. The molecule has 0 saturated carbocycles. The van der Waals surface area contributed by atoms with Gasteiger partial charge in [0.05, 0.1) is 7.11 Å². The van der Waals surface area contributed by atoms with E-state index in [9.17, 15) is 4.79 Å². The summed E-state index contributed by atoms with van der Waals surface area (Å²) in [5, 5.41) is 3.13. The van der Waals surface area contributed by atoms with Crippen molar-refractivity contribution in [2.45, 2.75) is 32.6 Å². The third-order valence-electron chi connectivity index (χ3n) is 5.51. The van der Waals surface area contributed by atoms with Crippen LogP contribution in [0.1, 0.15) is 31.9 Å². The number of carbonyl (C=O) groups is 1. The number of para-hydroxylation sites is 1. The van der Waals surface area contributed by atoms with Gasteiger partial charge in [-0.2, -0.15) is 0 Å². The largest absolute Gasteiger partial charge is 0.497 e. The fourth-order valence-electron chi connectivity index (χ4n) is 3.69. The van der Waals surface area contributed by atoms with E-state index in [1.54, 1.807) is 7.11 Å². The van der Waals surface area contributed by atoms with Crippen molar-refractivity contribution in [1.82, 2.24) is 9.80 Å². The van der Waals surface area contributed by atoms with Crippen LogP contribution in [-0.2, 0) is 11.8 Å². The van der Waals surface area contributed by atoms with Gasteiger partial charge < -0.3 is 15.0 Å². The first-order valence-electron chi connectivity index (χ1n) is 10.4. The summed E-state index contributed by atoms with van der Waals surface area (Å²) in [5.41, 5.74) is 3.37. The number of carbonyl (C=O) groups excluding carboxylic acids is 1. The highest BCUT2D eigenvalue weighted by atomic mass is 16.5. The Hall–Kier alpha value is -2.53. The molecule has 0 aliphatic carbocycles. The minimum atomic E-state index is -0.00989. The van der Waals surface area contributed by atoms with Crippen molar-refractivity contribution in [3.63, 3.8) is 0 Å². The maximum Gasteiger partial charge on any atom is 0.321 e. The number of ether oxygens (including phenoxy) is 1. The van der Waals surface area contributed by atoms with Gasteiger partial charge in [0.1, 0.15) is 5.75 Å². The Balaban J connectivity index is 1.48. The van der Waals surface area contributed by atoms with Gasteiger partial charge in [-0.05, 0) is 41.2 Å². The first-order valence-corrected chi connectivity index (χ1v) is 10.4. The molecule has 1 aliphatic heterocycles. The predicted molar refractivity (Wildman–Crippen MR) is 119 cm³/mol. The molecule has 2 aromatic carbocycles. The number of anilines is 1. The summed E-state index contributed by atoms with van der Waals surface area (Å²) in [6.07, 6.45) is 1.01. The molecule has 2 aromatic rings. The lowest BCUT2D eigenvalue weighted by Gasteiger charge is -2.35. The molecule has 5 nitrogen and oxygen atoms in total. The van der Waals surface area contributed by atoms with E-state index in [-0.39, 0.29) is 11.4 Å². The van der Waals surface area contributed by atoms with E-state index >= 15 is 0 Å². The van der Waals surface area contributed by atoms with E-state index < -0.39 is 0 Å². The van der Waals surface area contributed by atoms with Crippen molar-refractivity contribution < 1.29 is 9.53 Å². The number of amides is 2. The molecule has 29 heavy (non-hydrogen) atoms. The second-order valence-electron chi connectivity index (χ2n) is 8.65. The highest BCUT2D eigenvalue weighted by Crippen LogP contribution is 2.29. The lowest BCUT2D eigenvalue weighted by molar-refractivity contribution is 0.148. The van der Waals surface area contributed by atoms with Crippen LogP contribution in [0.4, 0.5) is 10.5 Å². The first-order chi connectivity index (χ1) is 13.9. The average molecular weight is 396 g/mol. The summed E-state index contributed by atoms with van der Waals surface area (Å²) in [4.78, 5) is 17.1. The number of benzene rings is 2.